The number of cyclic esters (lactones) is 1. The predicted molar refractivity (Wildman–Crippen MR) is 87.4 cm³/mol. The number of para-hydroxylation sites is 1. The summed E-state index contributed by atoms with van der Waals surface area (Å²) in [5.41, 5.74) is 1.45. The average molecular weight is 310 g/mol. The number of carbonyl (C=O) groups is 2. The number of hydrogen-bond donors (Lipinski definition) is 1. The first-order valence-corrected chi connectivity index (χ1v) is 7.60. The molecule has 3 rings (SSSR count). The summed E-state index contributed by atoms with van der Waals surface area (Å²) in [6, 6.07) is 18.5. The van der Waals surface area contributed by atoms with Crippen molar-refractivity contribution in [2.24, 2.45) is 0 Å². The molecule has 0 bridgehead atoms. The van der Waals surface area contributed by atoms with Gasteiger partial charge in [0.05, 0.1) is 6.54 Å². The van der Waals surface area contributed by atoms with Gasteiger partial charge in [-0.15, -0.1) is 0 Å². The molecule has 23 heavy (non-hydrogen) atoms. The van der Waals surface area contributed by atoms with Crippen LogP contribution in [0.4, 0.5) is 10.5 Å². The summed E-state index contributed by atoms with van der Waals surface area (Å²) in [6.07, 6.45) is 0.0440. The molecule has 0 aliphatic carbocycles. The minimum Gasteiger partial charge on any atom is -0.444 e. The van der Waals surface area contributed by atoms with Crippen LogP contribution in [0, 0.1) is 0 Å². The first kappa shape index (κ1) is 15.1. The van der Waals surface area contributed by atoms with E-state index in [1.807, 2.05) is 48.5 Å². The average Bonchev–Trinajstić information content (AvgIpc) is 2.97. The zero-order chi connectivity index (χ0) is 16.1. The van der Waals surface area contributed by atoms with Gasteiger partial charge in [-0.05, 0) is 24.3 Å². The molecule has 1 saturated heterocycles. The molecule has 118 valence electrons. The second kappa shape index (κ2) is 6.96. The van der Waals surface area contributed by atoms with Crippen LogP contribution in [0.5, 0.6) is 0 Å². The third-order valence-corrected chi connectivity index (χ3v) is 3.73. The Morgan fingerprint density at radius 2 is 1.74 bits per heavy atom. The van der Waals surface area contributed by atoms with E-state index >= 15 is 0 Å². The van der Waals surface area contributed by atoms with Gasteiger partial charge in [0.2, 0.25) is 0 Å². The lowest BCUT2D eigenvalue weighted by atomic mass is 10.2. The molecular formula is C18H18N2O3. The van der Waals surface area contributed by atoms with Crippen molar-refractivity contribution in [3.05, 3.63) is 66.2 Å². The Morgan fingerprint density at radius 1 is 1.09 bits per heavy atom. The van der Waals surface area contributed by atoms with Gasteiger partial charge in [-0.2, -0.15) is 0 Å². The third-order valence-electron chi connectivity index (χ3n) is 3.73. The molecule has 1 fully saturated rings. The van der Waals surface area contributed by atoms with Crippen molar-refractivity contribution >= 4 is 17.7 Å². The van der Waals surface area contributed by atoms with Crippen LogP contribution >= 0.6 is 0 Å². The van der Waals surface area contributed by atoms with E-state index in [4.69, 9.17) is 4.74 Å². The van der Waals surface area contributed by atoms with Crippen LogP contribution < -0.4 is 10.2 Å². The van der Waals surface area contributed by atoms with E-state index < -0.39 is 0 Å². The molecule has 2 amide bonds. The van der Waals surface area contributed by atoms with Crippen molar-refractivity contribution in [2.45, 2.75) is 12.5 Å². The first-order valence-electron chi connectivity index (χ1n) is 7.60. The summed E-state index contributed by atoms with van der Waals surface area (Å²) >= 11 is 0. The van der Waals surface area contributed by atoms with Crippen molar-refractivity contribution in [2.75, 3.05) is 18.0 Å². The maximum absolute atomic E-state index is 11.9. The Hall–Kier alpha value is -2.82. The molecular weight excluding hydrogens is 292 g/mol. The zero-order valence-corrected chi connectivity index (χ0v) is 12.6. The standard InChI is InChI=1S/C18H18N2O3/c21-17(14-7-3-1-4-8-14)19-12-11-16-13-20(18(22)23-16)15-9-5-2-6-10-15/h1-10,16H,11-13H2,(H,19,21). The normalized spacial score (nSPS) is 17.0. The monoisotopic (exact) mass is 310 g/mol. The van der Waals surface area contributed by atoms with Crippen molar-refractivity contribution in [3.63, 3.8) is 0 Å². The fourth-order valence-electron chi connectivity index (χ4n) is 2.53. The molecule has 5 heteroatoms. The van der Waals surface area contributed by atoms with Gasteiger partial charge in [0.1, 0.15) is 6.10 Å². The highest BCUT2D eigenvalue weighted by Crippen LogP contribution is 2.22. The fraction of sp³-hybridized carbons (Fsp3) is 0.222. The van der Waals surface area contributed by atoms with Gasteiger partial charge < -0.3 is 10.1 Å². The Labute approximate surface area is 134 Å². The number of hydrogen-bond acceptors (Lipinski definition) is 3. The van der Waals surface area contributed by atoms with E-state index in [1.54, 1.807) is 17.0 Å². The molecule has 2 aromatic carbocycles. The second-order valence-corrected chi connectivity index (χ2v) is 5.36. The molecule has 1 N–H and O–H groups in total. The molecule has 0 aromatic heterocycles. The number of benzene rings is 2. The van der Waals surface area contributed by atoms with Crippen LogP contribution in [0.3, 0.4) is 0 Å². The van der Waals surface area contributed by atoms with E-state index in [2.05, 4.69) is 5.32 Å². The number of carbonyl (C=O) groups excluding carboxylic acids is 2. The van der Waals surface area contributed by atoms with Gasteiger partial charge in [0, 0.05) is 24.2 Å². The minimum atomic E-state index is -0.337. The minimum absolute atomic E-state index is 0.116. The Morgan fingerprint density at radius 3 is 2.43 bits per heavy atom. The number of ether oxygens (including phenoxy) is 1. The summed E-state index contributed by atoms with van der Waals surface area (Å²) in [7, 11) is 0. The Balaban J connectivity index is 1.49. The molecule has 0 radical (unpaired) electrons. The van der Waals surface area contributed by atoms with Crippen molar-refractivity contribution in [3.8, 4) is 0 Å². The summed E-state index contributed by atoms with van der Waals surface area (Å²) in [4.78, 5) is 25.5. The third kappa shape index (κ3) is 3.69. The number of nitrogens with one attached hydrogen (secondary N) is 1. The van der Waals surface area contributed by atoms with Crippen LogP contribution in [0.25, 0.3) is 0 Å². The van der Waals surface area contributed by atoms with E-state index in [0.717, 1.165) is 5.69 Å². The summed E-state index contributed by atoms with van der Waals surface area (Å²) in [6.45, 7) is 0.971. The van der Waals surface area contributed by atoms with Gasteiger partial charge in [0.15, 0.2) is 0 Å². The topological polar surface area (TPSA) is 58.6 Å². The smallest absolute Gasteiger partial charge is 0.414 e. The van der Waals surface area contributed by atoms with Crippen molar-refractivity contribution in [1.82, 2.24) is 5.32 Å². The zero-order valence-electron chi connectivity index (χ0n) is 12.6. The molecule has 2 aromatic rings. The lowest BCUT2D eigenvalue weighted by Gasteiger charge is -2.12. The largest absolute Gasteiger partial charge is 0.444 e. The fourth-order valence-corrected chi connectivity index (χ4v) is 2.53. The van der Waals surface area contributed by atoms with Gasteiger partial charge >= 0.3 is 6.09 Å². The number of anilines is 1. The Kier molecular flexibility index (Phi) is 4.57. The Bertz CT molecular complexity index is 673. The SMILES string of the molecule is O=C(NCCC1CN(c2ccccc2)C(=O)O1)c1ccccc1. The number of nitrogens with zero attached hydrogens (tertiary/aromatic N) is 1. The van der Waals surface area contributed by atoms with Crippen LogP contribution in [-0.4, -0.2) is 31.2 Å². The molecule has 1 heterocycles. The summed E-state index contributed by atoms with van der Waals surface area (Å²) in [5, 5.41) is 2.85. The van der Waals surface area contributed by atoms with E-state index in [0.29, 0.717) is 25.1 Å². The highest BCUT2D eigenvalue weighted by molar-refractivity contribution is 5.94. The summed E-state index contributed by atoms with van der Waals surface area (Å²) < 4.78 is 5.35. The molecule has 0 saturated carbocycles. The number of rotatable bonds is 5. The predicted octanol–water partition coefficient (Wildman–Crippen LogP) is 2.83. The number of amides is 2. The highest BCUT2D eigenvalue weighted by atomic mass is 16.6. The highest BCUT2D eigenvalue weighted by Gasteiger charge is 2.31. The second-order valence-electron chi connectivity index (χ2n) is 5.36. The van der Waals surface area contributed by atoms with Crippen LogP contribution in [0.15, 0.2) is 60.7 Å². The van der Waals surface area contributed by atoms with Crippen molar-refractivity contribution < 1.29 is 14.3 Å². The lowest BCUT2D eigenvalue weighted by Crippen LogP contribution is -2.29. The molecule has 0 spiro atoms. The van der Waals surface area contributed by atoms with Gasteiger partial charge in [-0.25, -0.2) is 4.79 Å². The van der Waals surface area contributed by atoms with Crippen LogP contribution in [0.2, 0.25) is 0 Å². The molecule has 1 unspecified atom stereocenters. The molecule has 1 atom stereocenters. The maximum atomic E-state index is 11.9. The maximum Gasteiger partial charge on any atom is 0.414 e. The van der Waals surface area contributed by atoms with Crippen LogP contribution in [0.1, 0.15) is 16.8 Å². The van der Waals surface area contributed by atoms with Gasteiger partial charge in [-0.3, -0.25) is 9.69 Å². The van der Waals surface area contributed by atoms with Gasteiger partial charge in [0.25, 0.3) is 5.91 Å². The van der Waals surface area contributed by atoms with E-state index in [9.17, 15) is 9.59 Å². The quantitative estimate of drug-likeness (QED) is 0.924. The van der Waals surface area contributed by atoms with Gasteiger partial charge in [-0.1, -0.05) is 36.4 Å². The molecule has 1 aliphatic rings. The summed E-state index contributed by atoms with van der Waals surface area (Å²) in [5.74, 6) is -0.116. The molecule has 5 nitrogen and oxygen atoms in total. The molecule has 1 aliphatic heterocycles. The van der Waals surface area contributed by atoms with E-state index in [-0.39, 0.29) is 18.1 Å². The lowest BCUT2D eigenvalue weighted by molar-refractivity contribution is 0.0944. The van der Waals surface area contributed by atoms with E-state index in [1.165, 1.54) is 0 Å². The van der Waals surface area contributed by atoms with Crippen LogP contribution in [-0.2, 0) is 4.74 Å². The van der Waals surface area contributed by atoms with Crippen molar-refractivity contribution in [1.29, 1.82) is 0 Å². The first-order chi connectivity index (χ1) is 11.2.